The van der Waals surface area contributed by atoms with Crippen LogP contribution in [-0.4, -0.2) is 10.1 Å². The highest BCUT2D eigenvalue weighted by Crippen LogP contribution is 2.28. The average molecular weight is 298 g/mol. The normalized spacial score (nSPS) is 11.0. The summed E-state index contributed by atoms with van der Waals surface area (Å²) in [6, 6.07) is 7.35. The zero-order valence-corrected chi connectivity index (χ0v) is 12.5. The molecule has 1 N–H and O–H groups in total. The van der Waals surface area contributed by atoms with Crippen molar-refractivity contribution in [2.75, 3.05) is 0 Å². The molecular formula is C14H16ClNO2S. The second-order valence-corrected chi connectivity index (χ2v) is 6.02. The summed E-state index contributed by atoms with van der Waals surface area (Å²) < 4.78 is 5.65. The number of ether oxygens (including phenoxy) is 1. The van der Waals surface area contributed by atoms with E-state index in [0.717, 1.165) is 15.6 Å². The number of hydrogen-bond acceptors (Lipinski definition) is 4. The molecule has 1 aromatic heterocycles. The molecule has 1 heterocycles. The minimum Gasteiger partial charge on any atom is -0.485 e. The third kappa shape index (κ3) is 3.47. The summed E-state index contributed by atoms with van der Waals surface area (Å²) in [6.07, 6.45) is 0. The molecule has 0 aliphatic rings. The van der Waals surface area contributed by atoms with Crippen LogP contribution in [0.1, 0.15) is 35.3 Å². The summed E-state index contributed by atoms with van der Waals surface area (Å²) >= 11 is 7.51. The van der Waals surface area contributed by atoms with Crippen molar-refractivity contribution in [3.63, 3.8) is 0 Å². The van der Waals surface area contributed by atoms with Crippen LogP contribution in [0.15, 0.2) is 24.3 Å². The number of halogens is 1. The molecule has 19 heavy (non-hydrogen) atoms. The molecule has 0 atom stereocenters. The van der Waals surface area contributed by atoms with Gasteiger partial charge >= 0.3 is 0 Å². The zero-order chi connectivity index (χ0) is 13.8. The van der Waals surface area contributed by atoms with Crippen LogP contribution in [-0.2, 0) is 13.2 Å². The second-order valence-electron chi connectivity index (χ2n) is 4.45. The number of aliphatic hydroxyl groups is 1. The molecule has 0 aliphatic heterocycles. The van der Waals surface area contributed by atoms with Gasteiger partial charge in [0, 0.05) is 0 Å². The van der Waals surface area contributed by atoms with Gasteiger partial charge in [0.05, 0.1) is 22.2 Å². The molecule has 2 aromatic rings. The Morgan fingerprint density at radius 2 is 2.11 bits per heavy atom. The third-order valence-electron chi connectivity index (χ3n) is 2.65. The predicted octanol–water partition coefficient (Wildman–Crippen LogP) is 3.99. The number of aromatic nitrogens is 1. The topological polar surface area (TPSA) is 42.4 Å². The molecule has 5 heteroatoms. The highest BCUT2D eigenvalue weighted by Gasteiger charge is 2.14. The van der Waals surface area contributed by atoms with Crippen LogP contribution >= 0.6 is 22.9 Å². The van der Waals surface area contributed by atoms with Gasteiger partial charge in [-0.05, 0) is 18.1 Å². The Bertz CT molecular complexity index is 554. The first-order valence-corrected chi connectivity index (χ1v) is 7.28. The molecular weight excluding hydrogens is 282 g/mol. The summed E-state index contributed by atoms with van der Waals surface area (Å²) in [7, 11) is 0. The van der Waals surface area contributed by atoms with Gasteiger partial charge in [-0.2, -0.15) is 0 Å². The van der Waals surface area contributed by atoms with Crippen LogP contribution in [0.2, 0.25) is 5.02 Å². The average Bonchev–Trinajstić information content (AvgIpc) is 2.81. The van der Waals surface area contributed by atoms with E-state index < -0.39 is 0 Å². The molecule has 2 rings (SSSR count). The van der Waals surface area contributed by atoms with E-state index in [-0.39, 0.29) is 6.61 Å². The van der Waals surface area contributed by atoms with Gasteiger partial charge in [0.25, 0.3) is 0 Å². The number of benzene rings is 1. The van der Waals surface area contributed by atoms with Gasteiger partial charge in [0.15, 0.2) is 0 Å². The Hall–Kier alpha value is -1.10. The maximum Gasteiger partial charge on any atom is 0.140 e. The highest BCUT2D eigenvalue weighted by atomic mass is 35.5. The lowest BCUT2D eigenvalue weighted by Crippen LogP contribution is -1.97. The molecule has 0 aliphatic carbocycles. The molecule has 0 saturated carbocycles. The van der Waals surface area contributed by atoms with Gasteiger partial charge in [-0.1, -0.05) is 37.6 Å². The van der Waals surface area contributed by atoms with Crippen LogP contribution < -0.4 is 4.74 Å². The van der Waals surface area contributed by atoms with Crippen molar-refractivity contribution in [3.05, 3.63) is 44.9 Å². The van der Waals surface area contributed by atoms with Crippen molar-refractivity contribution in [2.45, 2.75) is 33.0 Å². The van der Waals surface area contributed by atoms with E-state index in [0.29, 0.717) is 23.3 Å². The van der Waals surface area contributed by atoms with Crippen LogP contribution in [0.4, 0.5) is 0 Å². The highest BCUT2D eigenvalue weighted by molar-refractivity contribution is 7.11. The largest absolute Gasteiger partial charge is 0.485 e. The van der Waals surface area contributed by atoms with Crippen molar-refractivity contribution in [2.24, 2.45) is 0 Å². The van der Waals surface area contributed by atoms with E-state index in [2.05, 4.69) is 18.8 Å². The van der Waals surface area contributed by atoms with Gasteiger partial charge in [-0.3, -0.25) is 0 Å². The summed E-state index contributed by atoms with van der Waals surface area (Å²) in [4.78, 5) is 5.43. The van der Waals surface area contributed by atoms with Crippen molar-refractivity contribution in [1.29, 1.82) is 0 Å². The van der Waals surface area contributed by atoms with E-state index in [9.17, 15) is 5.11 Å². The third-order valence-corrected chi connectivity index (χ3v) is 3.99. The lowest BCUT2D eigenvalue weighted by atomic mass is 10.1. The summed E-state index contributed by atoms with van der Waals surface area (Å²) in [5, 5.41) is 10.8. The molecule has 1 aromatic carbocycles. The zero-order valence-electron chi connectivity index (χ0n) is 10.9. The first-order valence-electron chi connectivity index (χ1n) is 6.08. The SMILES string of the molecule is CC(C)c1nc(COc2ccccc2Cl)sc1CO. The quantitative estimate of drug-likeness (QED) is 0.907. The molecule has 3 nitrogen and oxygen atoms in total. The molecule has 102 valence electrons. The van der Waals surface area contributed by atoms with Crippen LogP contribution in [0.25, 0.3) is 0 Å². The van der Waals surface area contributed by atoms with Gasteiger partial charge in [-0.25, -0.2) is 4.98 Å². The minimum absolute atomic E-state index is 0.0251. The summed E-state index contributed by atoms with van der Waals surface area (Å²) in [5.74, 6) is 0.948. The fourth-order valence-corrected chi connectivity index (χ4v) is 2.93. The molecule has 0 fully saturated rings. The Labute approximate surface area is 121 Å². The Morgan fingerprint density at radius 1 is 1.37 bits per heavy atom. The van der Waals surface area contributed by atoms with E-state index in [1.165, 1.54) is 11.3 Å². The fraction of sp³-hybridized carbons (Fsp3) is 0.357. The minimum atomic E-state index is 0.0251. The smallest absolute Gasteiger partial charge is 0.140 e. The van der Waals surface area contributed by atoms with Crippen LogP contribution in [0, 0.1) is 0 Å². The number of thiazole rings is 1. The Kier molecular flexibility index (Phi) is 4.80. The van der Waals surface area contributed by atoms with Gasteiger partial charge < -0.3 is 9.84 Å². The summed E-state index contributed by atoms with van der Waals surface area (Å²) in [6.45, 7) is 4.52. The van der Waals surface area contributed by atoms with Crippen LogP contribution in [0.3, 0.4) is 0 Å². The number of hydrogen-bond donors (Lipinski definition) is 1. The summed E-state index contributed by atoms with van der Waals surface area (Å²) in [5.41, 5.74) is 0.949. The van der Waals surface area contributed by atoms with E-state index >= 15 is 0 Å². The maximum absolute atomic E-state index is 9.32. The van der Waals surface area contributed by atoms with E-state index in [1.54, 1.807) is 6.07 Å². The number of aliphatic hydroxyl groups excluding tert-OH is 1. The molecule has 0 unspecified atom stereocenters. The number of rotatable bonds is 5. The Morgan fingerprint density at radius 3 is 2.68 bits per heavy atom. The maximum atomic E-state index is 9.32. The molecule has 0 amide bonds. The number of para-hydroxylation sites is 1. The fourth-order valence-electron chi connectivity index (χ4n) is 1.74. The first-order chi connectivity index (χ1) is 9.11. The molecule has 0 radical (unpaired) electrons. The lowest BCUT2D eigenvalue weighted by molar-refractivity contribution is 0.283. The molecule has 0 saturated heterocycles. The monoisotopic (exact) mass is 297 g/mol. The van der Waals surface area contributed by atoms with Crippen molar-refractivity contribution >= 4 is 22.9 Å². The van der Waals surface area contributed by atoms with E-state index in [4.69, 9.17) is 16.3 Å². The lowest BCUT2D eigenvalue weighted by Gasteiger charge is -2.05. The van der Waals surface area contributed by atoms with Gasteiger partial charge in [-0.15, -0.1) is 11.3 Å². The predicted molar refractivity (Wildman–Crippen MR) is 77.9 cm³/mol. The molecule has 0 bridgehead atoms. The van der Waals surface area contributed by atoms with Crippen molar-refractivity contribution < 1.29 is 9.84 Å². The first kappa shape index (κ1) is 14.3. The second kappa shape index (κ2) is 6.37. The van der Waals surface area contributed by atoms with Crippen LogP contribution in [0.5, 0.6) is 5.75 Å². The Balaban J connectivity index is 2.10. The number of nitrogens with zero attached hydrogens (tertiary/aromatic N) is 1. The van der Waals surface area contributed by atoms with Crippen molar-refractivity contribution in [1.82, 2.24) is 4.98 Å². The van der Waals surface area contributed by atoms with Gasteiger partial charge in [0.2, 0.25) is 0 Å². The van der Waals surface area contributed by atoms with Gasteiger partial charge in [0.1, 0.15) is 17.4 Å². The standard InChI is InChI=1S/C14H16ClNO2S/c1-9(2)14-12(7-17)19-13(16-14)8-18-11-6-4-3-5-10(11)15/h3-6,9,17H,7-8H2,1-2H3. The van der Waals surface area contributed by atoms with Crippen molar-refractivity contribution in [3.8, 4) is 5.75 Å². The molecule has 0 spiro atoms. The van der Waals surface area contributed by atoms with E-state index in [1.807, 2.05) is 18.2 Å².